The molecule has 0 unspecified atom stereocenters. The van der Waals surface area contributed by atoms with Crippen LogP contribution in [0, 0.1) is 12.5 Å². The van der Waals surface area contributed by atoms with E-state index in [2.05, 4.69) is 24.0 Å². The Morgan fingerprint density at radius 3 is 2.36 bits per heavy atom. The number of carbonyl (C=O) groups excluding carboxylic acids is 1. The zero-order valence-electron chi connectivity index (χ0n) is 14.5. The molecule has 5 heteroatoms. The average molecular weight is 375 g/mol. The first-order valence-electron chi connectivity index (χ1n) is 8.15. The number of nitrogens with one attached hydrogen (secondary N) is 1. The topological polar surface area (TPSA) is 33.5 Å². The van der Waals surface area contributed by atoms with E-state index in [1.807, 2.05) is 18.2 Å². The van der Waals surface area contributed by atoms with Gasteiger partial charge in [0.1, 0.15) is 0 Å². The molecule has 1 N–H and O–H groups in total. The summed E-state index contributed by atoms with van der Waals surface area (Å²) in [4.78, 5) is 15.2. The Hall–Kier alpha value is -2.02. The third-order valence-electron chi connectivity index (χ3n) is 3.77. The standard InChI is InChI=1S/C20H20Cl2N2O/c1-5-19(25)24-15-10-16(21)20(17(22)11-15)14-7-6-13(8-12(2)3)18(9-14)23-4/h6-7,9-12H,5,8H2,1-3H3,(H,24,25). The van der Waals surface area contributed by atoms with Gasteiger partial charge >= 0.3 is 0 Å². The largest absolute Gasteiger partial charge is 0.326 e. The molecule has 2 aromatic carbocycles. The summed E-state index contributed by atoms with van der Waals surface area (Å²) in [6.07, 6.45) is 1.23. The van der Waals surface area contributed by atoms with Gasteiger partial charge in [-0.1, -0.05) is 56.1 Å². The molecule has 2 aromatic rings. The molecule has 2 rings (SSSR count). The molecule has 130 valence electrons. The van der Waals surface area contributed by atoms with Crippen LogP contribution in [0.3, 0.4) is 0 Å². The fourth-order valence-corrected chi connectivity index (χ4v) is 3.31. The summed E-state index contributed by atoms with van der Waals surface area (Å²) in [7, 11) is 0. The smallest absolute Gasteiger partial charge is 0.224 e. The van der Waals surface area contributed by atoms with Crippen LogP contribution < -0.4 is 5.32 Å². The van der Waals surface area contributed by atoms with Crippen molar-refractivity contribution in [3.63, 3.8) is 0 Å². The van der Waals surface area contributed by atoms with Gasteiger partial charge in [-0.05, 0) is 41.7 Å². The number of nitrogens with zero attached hydrogens (tertiary/aromatic N) is 1. The van der Waals surface area contributed by atoms with Crippen LogP contribution in [0.1, 0.15) is 32.8 Å². The lowest BCUT2D eigenvalue weighted by Crippen LogP contribution is -2.09. The van der Waals surface area contributed by atoms with Crippen molar-refractivity contribution in [2.75, 3.05) is 5.32 Å². The zero-order valence-corrected chi connectivity index (χ0v) is 16.0. The first kappa shape index (κ1) is 19.3. The van der Waals surface area contributed by atoms with Crippen molar-refractivity contribution >= 4 is 40.5 Å². The minimum absolute atomic E-state index is 0.104. The summed E-state index contributed by atoms with van der Waals surface area (Å²) in [5, 5.41) is 3.62. The minimum Gasteiger partial charge on any atom is -0.326 e. The quantitative estimate of drug-likeness (QED) is 0.576. The normalized spacial score (nSPS) is 10.6. The molecular formula is C20H20Cl2N2O. The van der Waals surface area contributed by atoms with Gasteiger partial charge in [-0.25, -0.2) is 4.85 Å². The van der Waals surface area contributed by atoms with E-state index in [1.54, 1.807) is 19.1 Å². The van der Waals surface area contributed by atoms with Crippen LogP contribution >= 0.6 is 23.2 Å². The maximum absolute atomic E-state index is 11.5. The first-order valence-corrected chi connectivity index (χ1v) is 8.91. The molecule has 0 radical (unpaired) electrons. The molecular weight excluding hydrogens is 355 g/mol. The van der Waals surface area contributed by atoms with Gasteiger partial charge in [0.25, 0.3) is 0 Å². The van der Waals surface area contributed by atoms with Crippen LogP contribution in [-0.4, -0.2) is 5.91 Å². The van der Waals surface area contributed by atoms with E-state index in [9.17, 15) is 4.79 Å². The summed E-state index contributed by atoms with van der Waals surface area (Å²) in [6, 6.07) is 9.07. The highest BCUT2D eigenvalue weighted by Gasteiger charge is 2.14. The highest BCUT2D eigenvalue weighted by Crippen LogP contribution is 2.39. The van der Waals surface area contributed by atoms with Crippen molar-refractivity contribution in [2.24, 2.45) is 5.92 Å². The van der Waals surface area contributed by atoms with E-state index in [0.717, 1.165) is 17.5 Å². The number of amides is 1. The van der Waals surface area contributed by atoms with E-state index in [4.69, 9.17) is 29.8 Å². The Bertz CT molecular complexity index is 815. The molecule has 0 aliphatic rings. The van der Waals surface area contributed by atoms with E-state index >= 15 is 0 Å². The van der Waals surface area contributed by atoms with Crippen molar-refractivity contribution in [1.82, 2.24) is 0 Å². The summed E-state index contributed by atoms with van der Waals surface area (Å²) >= 11 is 12.8. The molecule has 25 heavy (non-hydrogen) atoms. The summed E-state index contributed by atoms with van der Waals surface area (Å²) in [5.74, 6) is 0.369. The number of rotatable bonds is 5. The number of anilines is 1. The van der Waals surface area contributed by atoms with E-state index in [0.29, 0.717) is 39.3 Å². The third-order valence-corrected chi connectivity index (χ3v) is 4.37. The molecule has 0 aliphatic carbocycles. The molecule has 0 bridgehead atoms. The summed E-state index contributed by atoms with van der Waals surface area (Å²) in [5.41, 5.74) is 3.66. The van der Waals surface area contributed by atoms with Crippen molar-refractivity contribution in [3.8, 4) is 11.1 Å². The number of halogens is 2. The first-order chi connectivity index (χ1) is 11.8. The SMILES string of the molecule is [C-]#[N+]c1cc(-c2c(Cl)cc(NC(=O)CC)cc2Cl)ccc1CC(C)C. The predicted molar refractivity (Wildman–Crippen MR) is 106 cm³/mol. The van der Waals surface area contributed by atoms with Crippen molar-refractivity contribution < 1.29 is 4.79 Å². The maximum atomic E-state index is 11.5. The molecule has 0 fully saturated rings. The summed E-state index contributed by atoms with van der Waals surface area (Å²) < 4.78 is 0. The van der Waals surface area contributed by atoms with Gasteiger partial charge in [0.15, 0.2) is 5.69 Å². The Morgan fingerprint density at radius 2 is 1.84 bits per heavy atom. The average Bonchev–Trinajstić information content (AvgIpc) is 2.54. The Kier molecular flexibility index (Phi) is 6.47. The Labute approximate surface area is 158 Å². The number of carbonyl (C=O) groups is 1. The molecule has 0 atom stereocenters. The maximum Gasteiger partial charge on any atom is 0.224 e. The van der Waals surface area contributed by atoms with E-state index in [1.165, 1.54) is 0 Å². The van der Waals surface area contributed by atoms with Crippen LogP contribution in [-0.2, 0) is 11.2 Å². The van der Waals surface area contributed by atoms with Crippen LogP contribution in [0.15, 0.2) is 30.3 Å². The second-order valence-corrected chi connectivity index (χ2v) is 7.08. The van der Waals surface area contributed by atoms with Gasteiger partial charge in [-0.3, -0.25) is 4.79 Å². The molecule has 0 aliphatic heterocycles. The second kappa shape index (κ2) is 8.38. The summed E-state index contributed by atoms with van der Waals surface area (Å²) in [6.45, 7) is 13.5. The van der Waals surface area contributed by atoms with Gasteiger partial charge in [-0.2, -0.15) is 0 Å². The van der Waals surface area contributed by atoms with Gasteiger partial charge in [-0.15, -0.1) is 0 Å². The molecule has 1 amide bonds. The van der Waals surface area contributed by atoms with Crippen molar-refractivity contribution in [1.29, 1.82) is 0 Å². The number of hydrogen-bond acceptors (Lipinski definition) is 1. The number of benzene rings is 2. The molecule has 3 nitrogen and oxygen atoms in total. The lowest BCUT2D eigenvalue weighted by Gasteiger charge is -2.13. The van der Waals surface area contributed by atoms with Gasteiger partial charge in [0.2, 0.25) is 5.91 Å². The van der Waals surface area contributed by atoms with Crippen LogP contribution in [0.5, 0.6) is 0 Å². The fraction of sp³-hybridized carbons (Fsp3) is 0.300. The van der Waals surface area contributed by atoms with E-state index < -0.39 is 0 Å². The monoisotopic (exact) mass is 374 g/mol. The van der Waals surface area contributed by atoms with Gasteiger partial charge < -0.3 is 5.32 Å². The number of hydrogen-bond donors (Lipinski definition) is 1. The molecule has 0 spiro atoms. The Morgan fingerprint density at radius 1 is 1.20 bits per heavy atom. The lowest BCUT2D eigenvalue weighted by molar-refractivity contribution is -0.115. The van der Waals surface area contributed by atoms with Gasteiger partial charge in [0.05, 0.1) is 16.6 Å². The zero-order chi connectivity index (χ0) is 18.6. The molecule has 0 aromatic heterocycles. The fourth-order valence-electron chi connectivity index (χ4n) is 2.61. The highest BCUT2D eigenvalue weighted by molar-refractivity contribution is 6.39. The minimum atomic E-state index is -0.104. The van der Waals surface area contributed by atoms with Gasteiger partial charge in [0, 0.05) is 17.7 Å². The molecule has 0 saturated heterocycles. The lowest BCUT2D eigenvalue weighted by atomic mass is 9.97. The third kappa shape index (κ3) is 4.75. The molecule has 0 saturated carbocycles. The van der Waals surface area contributed by atoms with Crippen LogP contribution in [0.4, 0.5) is 11.4 Å². The highest BCUT2D eigenvalue weighted by atomic mass is 35.5. The van der Waals surface area contributed by atoms with E-state index in [-0.39, 0.29) is 5.91 Å². The molecule has 0 heterocycles. The van der Waals surface area contributed by atoms with Crippen LogP contribution in [0.25, 0.3) is 16.0 Å². The Balaban J connectivity index is 2.45. The van der Waals surface area contributed by atoms with Crippen molar-refractivity contribution in [3.05, 3.63) is 57.4 Å². The second-order valence-electron chi connectivity index (χ2n) is 6.27. The predicted octanol–water partition coefficient (Wildman–Crippen LogP) is 6.76. The van der Waals surface area contributed by atoms with Crippen LogP contribution in [0.2, 0.25) is 10.0 Å². The van der Waals surface area contributed by atoms with Crippen molar-refractivity contribution in [2.45, 2.75) is 33.6 Å².